The third-order valence-corrected chi connectivity index (χ3v) is 4.87. The van der Waals surface area contributed by atoms with E-state index in [0.29, 0.717) is 17.0 Å². The Labute approximate surface area is 170 Å². The zero-order valence-electron chi connectivity index (χ0n) is 15.5. The molecule has 0 saturated heterocycles. The third-order valence-electron chi connectivity index (χ3n) is 4.37. The van der Waals surface area contributed by atoms with Gasteiger partial charge in [-0.05, 0) is 43.3 Å². The molecule has 0 aliphatic carbocycles. The highest BCUT2D eigenvalue weighted by Crippen LogP contribution is 2.37. The first kappa shape index (κ1) is 19.8. The van der Waals surface area contributed by atoms with E-state index in [-0.39, 0.29) is 16.8 Å². The van der Waals surface area contributed by atoms with Gasteiger partial charge in [-0.1, -0.05) is 28.1 Å². The van der Waals surface area contributed by atoms with Gasteiger partial charge in [0.2, 0.25) is 0 Å². The Morgan fingerprint density at radius 3 is 2.54 bits per heavy atom. The van der Waals surface area contributed by atoms with Crippen molar-refractivity contribution in [3.8, 4) is 5.75 Å². The van der Waals surface area contributed by atoms with E-state index in [1.165, 1.54) is 37.3 Å². The van der Waals surface area contributed by atoms with Crippen molar-refractivity contribution in [2.45, 2.75) is 6.92 Å². The lowest BCUT2D eigenvalue weighted by molar-refractivity contribution is -0.136. The molecule has 144 valence electrons. The summed E-state index contributed by atoms with van der Waals surface area (Å²) in [5.74, 6) is -1.25. The molecule has 1 aliphatic heterocycles. The van der Waals surface area contributed by atoms with E-state index in [1.807, 2.05) is 0 Å². The number of ether oxygens (including phenoxy) is 2. The van der Waals surface area contributed by atoms with Gasteiger partial charge in [-0.3, -0.25) is 9.69 Å². The third kappa shape index (κ3) is 3.45. The Morgan fingerprint density at radius 2 is 1.89 bits per heavy atom. The minimum absolute atomic E-state index is 0.0658. The molecule has 0 fully saturated rings. The van der Waals surface area contributed by atoms with Crippen LogP contribution in [0.3, 0.4) is 0 Å². The molecule has 1 heterocycles. The molecular formula is C21H17BrFNO4. The maximum atomic E-state index is 14.3. The van der Waals surface area contributed by atoms with E-state index in [9.17, 15) is 14.0 Å². The zero-order valence-corrected chi connectivity index (χ0v) is 17.0. The Balaban J connectivity index is 2.21. The summed E-state index contributed by atoms with van der Waals surface area (Å²) in [7, 11) is 2.74. The monoisotopic (exact) mass is 445 g/mol. The number of benzene rings is 2. The summed E-state index contributed by atoms with van der Waals surface area (Å²) in [5.41, 5.74) is 1.13. The van der Waals surface area contributed by atoms with Gasteiger partial charge in [0.25, 0.3) is 5.91 Å². The van der Waals surface area contributed by atoms with Crippen LogP contribution in [-0.4, -0.2) is 26.1 Å². The Kier molecular flexibility index (Phi) is 5.65. The molecule has 3 rings (SSSR count). The maximum Gasteiger partial charge on any atom is 0.340 e. The zero-order chi connectivity index (χ0) is 20.4. The highest BCUT2D eigenvalue weighted by molar-refractivity contribution is 9.10. The quantitative estimate of drug-likeness (QED) is 0.514. The van der Waals surface area contributed by atoms with Gasteiger partial charge in [0.05, 0.1) is 31.1 Å². The number of carbonyl (C=O) groups is 2. The minimum Gasteiger partial charge on any atom is -0.496 e. The minimum atomic E-state index is -0.676. The fourth-order valence-electron chi connectivity index (χ4n) is 3.08. The normalized spacial score (nSPS) is 15.4. The molecule has 0 N–H and O–H groups in total. The molecule has 0 aromatic heterocycles. The van der Waals surface area contributed by atoms with E-state index >= 15 is 0 Å². The van der Waals surface area contributed by atoms with Crippen molar-refractivity contribution in [3.05, 3.63) is 75.2 Å². The van der Waals surface area contributed by atoms with E-state index in [2.05, 4.69) is 15.9 Å². The molecule has 0 bridgehead atoms. The van der Waals surface area contributed by atoms with Crippen LogP contribution in [0.5, 0.6) is 5.75 Å². The summed E-state index contributed by atoms with van der Waals surface area (Å²) in [6.07, 6.45) is 1.54. The molecule has 5 nitrogen and oxygen atoms in total. The Bertz CT molecular complexity index is 1030. The van der Waals surface area contributed by atoms with Crippen molar-refractivity contribution in [1.82, 2.24) is 0 Å². The molecule has 2 aromatic carbocycles. The van der Waals surface area contributed by atoms with E-state index in [0.717, 1.165) is 4.47 Å². The first-order valence-corrected chi connectivity index (χ1v) is 9.12. The van der Waals surface area contributed by atoms with Gasteiger partial charge in [0.15, 0.2) is 0 Å². The van der Waals surface area contributed by atoms with Crippen molar-refractivity contribution < 1.29 is 23.5 Å². The second kappa shape index (κ2) is 7.98. The molecule has 0 unspecified atom stereocenters. The highest BCUT2D eigenvalue weighted by Gasteiger charge is 2.39. The lowest BCUT2D eigenvalue weighted by atomic mass is 10.0. The fraction of sp³-hybridized carbons (Fsp3) is 0.143. The van der Waals surface area contributed by atoms with Crippen LogP contribution in [-0.2, 0) is 14.3 Å². The summed E-state index contributed by atoms with van der Waals surface area (Å²) in [6.45, 7) is 1.58. The predicted octanol–water partition coefficient (Wildman–Crippen LogP) is 4.47. The fourth-order valence-corrected chi connectivity index (χ4v) is 3.46. The molecule has 0 spiro atoms. The molecule has 1 amide bonds. The van der Waals surface area contributed by atoms with Crippen LogP contribution in [0.2, 0.25) is 0 Å². The lowest BCUT2D eigenvalue weighted by Gasteiger charge is -2.18. The van der Waals surface area contributed by atoms with Crippen LogP contribution in [0.4, 0.5) is 10.1 Å². The van der Waals surface area contributed by atoms with E-state index in [1.54, 1.807) is 37.3 Å². The number of hydrogen-bond acceptors (Lipinski definition) is 4. The largest absolute Gasteiger partial charge is 0.496 e. The van der Waals surface area contributed by atoms with Crippen molar-refractivity contribution in [1.29, 1.82) is 0 Å². The van der Waals surface area contributed by atoms with Crippen LogP contribution in [0.25, 0.3) is 6.08 Å². The van der Waals surface area contributed by atoms with Crippen molar-refractivity contribution in [2.75, 3.05) is 19.1 Å². The number of anilines is 1. The number of nitrogens with zero attached hydrogens (tertiary/aromatic N) is 1. The van der Waals surface area contributed by atoms with Gasteiger partial charge >= 0.3 is 5.97 Å². The van der Waals surface area contributed by atoms with Crippen LogP contribution in [0.1, 0.15) is 12.5 Å². The number of para-hydroxylation sites is 1. The number of esters is 1. The number of carbonyl (C=O) groups excluding carboxylic acids is 2. The highest BCUT2D eigenvalue weighted by atomic mass is 79.9. The molecule has 1 aliphatic rings. The number of hydrogen-bond donors (Lipinski definition) is 0. The molecule has 28 heavy (non-hydrogen) atoms. The number of methoxy groups -OCH3 is 2. The second-order valence-electron chi connectivity index (χ2n) is 5.99. The summed E-state index contributed by atoms with van der Waals surface area (Å²) in [5, 5.41) is 0. The second-order valence-corrected chi connectivity index (χ2v) is 6.90. The lowest BCUT2D eigenvalue weighted by Crippen LogP contribution is -2.25. The van der Waals surface area contributed by atoms with E-state index < -0.39 is 17.7 Å². The summed E-state index contributed by atoms with van der Waals surface area (Å²) < 4.78 is 25.3. The van der Waals surface area contributed by atoms with Crippen LogP contribution in [0, 0.1) is 5.82 Å². The number of halogens is 2. The predicted molar refractivity (Wildman–Crippen MR) is 107 cm³/mol. The molecule has 0 radical (unpaired) electrons. The van der Waals surface area contributed by atoms with Crippen LogP contribution >= 0.6 is 15.9 Å². The first-order valence-electron chi connectivity index (χ1n) is 8.32. The number of allylic oxidation sites excluding steroid dienone is 1. The van der Waals surface area contributed by atoms with Gasteiger partial charge in [0.1, 0.15) is 11.6 Å². The van der Waals surface area contributed by atoms with Crippen LogP contribution < -0.4 is 9.64 Å². The topological polar surface area (TPSA) is 55.8 Å². The summed E-state index contributed by atoms with van der Waals surface area (Å²) >= 11 is 3.38. The smallest absolute Gasteiger partial charge is 0.340 e. The molecule has 0 saturated carbocycles. The molecule has 7 heteroatoms. The number of rotatable bonds is 4. The standard InChI is InChI=1S/C21H17BrFNO4/c1-12-19(21(26)28-3)15(11-13-10-14(22)8-9-18(13)27-2)20(25)24(12)17-7-5-4-6-16(17)23/h4-11H,1-3H3/b15-11-. The van der Waals surface area contributed by atoms with Crippen molar-refractivity contribution in [2.24, 2.45) is 0 Å². The SMILES string of the molecule is COC(=O)C1=C(C)N(c2ccccc2F)C(=O)/C1=C\c1cc(Br)ccc1OC. The van der Waals surface area contributed by atoms with Gasteiger partial charge in [-0.2, -0.15) is 0 Å². The molecular weight excluding hydrogens is 429 g/mol. The van der Waals surface area contributed by atoms with Crippen LogP contribution in [0.15, 0.2) is 63.8 Å². The van der Waals surface area contributed by atoms with Crippen molar-refractivity contribution >= 4 is 39.6 Å². The maximum absolute atomic E-state index is 14.3. The van der Waals surface area contributed by atoms with E-state index in [4.69, 9.17) is 9.47 Å². The van der Waals surface area contributed by atoms with Crippen molar-refractivity contribution in [3.63, 3.8) is 0 Å². The Morgan fingerprint density at radius 1 is 1.18 bits per heavy atom. The summed E-state index contributed by atoms with van der Waals surface area (Å²) in [4.78, 5) is 26.8. The summed E-state index contributed by atoms with van der Waals surface area (Å²) in [6, 6.07) is 11.2. The van der Waals surface area contributed by atoms with Gasteiger partial charge in [0, 0.05) is 15.7 Å². The first-order chi connectivity index (χ1) is 13.4. The average molecular weight is 446 g/mol. The number of amides is 1. The average Bonchev–Trinajstić information content (AvgIpc) is 2.92. The molecule has 2 aromatic rings. The van der Waals surface area contributed by atoms with Gasteiger partial charge in [-0.25, -0.2) is 9.18 Å². The van der Waals surface area contributed by atoms with Gasteiger partial charge < -0.3 is 9.47 Å². The Hall–Kier alpha value is -2.93. The molecule has 0 atom stereocenters. The van der Waals surface area contributed by atoms with Gasteiger partial charge in [-0.15, -0.1) is 0 Å².